The molecule has 0 atom stereocenters. The highest BCUT2D eigenvalue weighted by Gasteiger charge is 2.22. The van der Waals surface area contributed by atoms with E-state index in [4.69, 9.17) is 19.9 Å². The maximum atomic E-state index is 14.3. The molecule has 1 aromatic carbocycles. The Balaban J connectivity index is 1.49. The molecule has 0 aliphatic carbocycles. The van der Waals surface area contributed by atoms with Crippen molar-refractivity contribution in [3.63, 3.8) is 0 Å². The monoisotopic (exact) mass is 527 g/mol. The SMILES string of the molecule is COCCN(CCn1cnc(-c2cc3nccc(Oc4ccc(N)cc4F)c3s2)c1)C(=O)OC(C)(C)C. The normalized spacial score (nSPS) is 11.6. The van der Waals surface area contributed by atoms with Crippen molar-refractivity contribution in [1.29, 1.82) is 0 Å². The van der Waals surface area contributed by atoms with Gasteiger partial charge in [0.15, 0.2) is 11.6 Å². The van der Waals surface area contributed by atoms with E-state index in [-0.39, 0.29) is 11.8 Å². The van der Waals surface area contributed by atoms with Gasteiger partial charge in [0.2, 0.25) is 0 Å². The van der Waals surface area contributed by atoms with Crippen LogP contribution >= 0.6 is 11.3 Å². The van der Waals surface area contributed by atoms with Crippen molar-refractivity contribution >= 4 is 33.3 Å². The predicted octanol–water partition coefficient (Wildman–Crippen LogP) is 5.56. The number of nitrogens with zero attached hydrogens (tertiary/aromatic N) is 4. The summed E-state index contributed by atoms with van der Waals surface area (Å²) < 4.78 is 33.5. The van der Waals surface area contributed by atoms with Gasteiger partial charge in [-0.2, -0.15) is 0 Å². The highest BCUT2D eigenvalue weighted by molar-refractivity contribution is 7.22. The van der Waals surface area contributed by atoms with Crippen molar-refractivity contribution in [2.24, 2.45) is 0 Å². The Morgan fingerprint density at radius 3 is 2.70 bits per heavy atom. The number of amides is 1. The van der Waals surface area contributed by atoms with Crippen LogP contribution in [0.25, 0.3) is 20.8 Å². The van der Waals surface area contributed by atoms with Crippen molar-refractivity contribution in [3.05, 3.63) is 54.9 Å². The molecule has 196 valence electrons. The maximum Gasteiger partial charge on any atom is 0.410 e. The van der Waals surface area contributed by atoms with Crippen molar-refractivity contribution in [2.45, 2.75) is 32.9 Å². The van der Waals surface area contributed by atoms with Crippen molar-refractivity contribution < 1.29 is 23.4 Å². The number of aromatic nitrogens is 3. The van der Waals surface area contributed by atoms with Gasteiger partial charge in [-0.1, -0.05) is 0 Å². The van der Waals surface area contributed by atoms with Crippen LogP contribution in [0, 0.1) is 5.82 Å². The van der Waals surface area contributed by atoms with Gasteiger partial charge in [0, 0.05) is 57.0 Å². The topological polar surface area (TPSA) is 105 Å². The Hall–Kier alpha value is -3.70. The second kappa shape index (κ2) is 11.1. The summed E-state index contributed by atoms with van der Waals surface area (Å²) in [6, 6.07) is 7.93. The lowest BCUT2D eigenvalue weighted by molar-refractivity contribution is 0.0195. The van der Waals surface area contributed by atoms with Gasteiger partial charge in [-0.25, -0.2) is 14.2 Å². The largest absolute Gasteiger partial charge is 0.453 e. The number of nitrogens with two attached hydrogens (primary N) is 1. The second-order valence-corrected chi connectivity index (χ2v) is 10.4. The van der Waals surface area contributed by atoms with Crippen LogP contribution in [0.15, 0.2) is 49.1 Å². The van der Waals surface area contributed by atoms with Gasteiger partial charge in [-0.05, 0) is 39.0 Å². The minimum Gasteiger partial charge on any atom is -0.453 e. The summed E-state index contributed by atoms with van der Waals surface area (Å²) in [5, 5.41) is 0. The van der Waals surface area contributed by atoms with Crippen LogP contribution in [0.1, 0.15) is 20.8 Å². The zero-order valence-corrected chi connectivity index (χ0v) is 22.0. The Labute approximate surface area is 218 Å². The zero-order chi connectivity index (χ0) is 26.6. The number of hydrogen-bond donors (Lipinski definition) is 1. The molecule has 0 aliphatic rings. The molecular formula is C26H30FN5O4S. The lowest BCUT2D eigenvalue weighted by Crippen LogP contribution is -2.40. The average Bonchev–Trinajstić information content (AvgIpc) is 3.47. The van der Waals surface area contributed by atoms with Crippen LogP contribution in [0.3, 0.4) is 0 Å². The number of hydrogen-bond acceptors (Lipinski definition) is 8. The number of pyridine rings is 1. The highest BCUT2D eigenvalue weighted by atomic mass is 32.1. The third-order valence-electron chi connectivity index (χ3n) is 5.28. The molecular weight excluding hydrogens is 497 g/mol. The number of fused-ring (bicyclic) bond motifs is 1. The number of rotatable bonds is 9. The first kappa shape index (κ1) is 26.4. The number of thiophene rings is 1. The number of carbonyl (C=O) groups excluding carboxylic acids is 1. The van der Waals surface area contributed by atoms with Crippen LogP contribution in [0.4, 0.5) is 14.9 Å². The lowest BCUT2D eigenvalue weighted by atomic mass is 10.2. The molecule has 3 aromatic heterocycles. The van der Waals surface area contributed by atoms with E-state index < -0.39 is 11.4 Å². The second-order valence-electron chi connectivity index (χ2n) is 9.38. The summed E-state index contributed by atoms with van der Waals surface area (Å²) in [7, 11) is 1.60. The third-order valence-corrected chi connectivity index (χ3v) is 6.44. The predicted molar refractivity (Wildman–Crippen MR) is 141 cm³/mol. The van der Waals surface area contributed by atoms with E-state index in [0.29, 0.717) is 37.7 Å². The standard InChI is InChI=1S/C26H30FN5O4S/c1-26(2,3)36-25(33)32(11-12-34-4)10-9-31-15-20(30-16-31)23-14-19-24(37-23)22(7-8-29-19)35-21-6-5-17(28)13-18(21)27/h5-8,13-16H,9-12,28H2,1-4H3. The number of methoxy groups -OCH3 is 1. The van der Waals surface area contributed by atoms with Crippen LogP contribution < -0.4 is 10.5 Å². The summed E-state index contributed by atoms with van der Waals surface area (Å²) >= 11 is 1.45. The van der Waals surface area contributed by atoms with E-state index in [1.165, 1.54) is 23.5 Å². The number of imidazole rings is 1. The van der Waals surface area contributed by atoms with Crippen molar-refractivity contribution in [3.8, 4) is 22.1 Å². The number of ether oxygens (including phenoxy) is 3. The van der Waals surface area contributed by atoms with E-state index in [9.17, 15) is 9.18 Å². The molecule has 0 aliphatic heterocycles. The molecule has 9 nitrogen and oxygen atoms in total. The number of nitrogen functional groups attached to an aromatic ring is 1. The Bertz CT molecular complexity index is 1380. The third kappa shape index (κ3) is 6.75. The van der Waals surface area contributed by atoms with E-state index in [1.807, 2.05) is 37.6 Å². The van der Waals surface area contributed by atoms with Crippen LogP contribution in [0.5, 0.6) is 11.5 Å². The fraction of sp³-hybridized carbons (Fsp3) is 0.346. The molecule has 0 bridgehead atoms. The summed E-state index contributed by atoms with van der Waals surface area (Å²) in [4.78, 5) is 24.1. The fourth-order valence-corrected chi connectivity index (χ4v) is 4.53. The molecule has 2 N–H and O–H groups in total. The number of carbonyl (C=O) groups is 1. The number of halogens is 1. The first-order valence-corrected chi connectivity index (χ1v) is 12.5. The van der Waals surface area contributed by atoms with Gasteiger partial charge in [0.05, 0.1) is 33.7 Å². The highest BCUT2D eigenvalue weighted by Crippen LogP contribution is 2.39. The van der Waals surface area contributed by atoms with Gasteiger partial charge in [-0.15, -0.1) is 11.3 Å². The van der Waals surface area contributed by atoms with Crippen molar-refractivity contribution in [2.75, 3.05) is 32.5 Å². The van der Waals surface area contributed by atoms with Gasteiger partial charge in [-0.3, -0.25) is 4.98 Å². The average molecular weight is 528 g/mol. The minimum absolute atomic E-state index is 0.0870. The molecule has 4 aromatic rings. The first-order valence-electron chi connectivity index (χ1n) is 11.7. The Morgan fingerprint density at radius 2 is 1.97 bits per heavy atom. The fourth-order valence-electron chi connectivity index (χ4n) is 3.51. The molecule has 0 radical (unpaired) electrons. The van der Waals surface area contributed by atoms with Gasteiger partial charge < -0.3 is 29.4 Å². The molecule has 1 amide bonds. The van der Waals surface area contributed by atoms with Gasteiger partial charge >= 0.3 is 6.09 Å². The summed E-state index contributed by atoms with van der Waals surface area (Å²) in [5.74, 6) is 0.0471. The summed E-state index contributed by atoms with van der Waals surface area (Å²) in [6.07, 6.45) is 4.87. The molecule has 4 rings (SSSR count). The Morgan fingerprint density at radius 1 is 1.16 bits per heavy atom. The minimum atomic E-state index is -0.581. The summed E-state index contributed by atoms with van der Waals surface area (Å²) in [6.45, 7) is 7.32. The molecule has 37 heavy (non-hydrogen) atoms. The van der Waals surface area contributed by atoms with Crippen LogP contribution in [-0.2, 0) is 16.0 Å². The van der Waals surface area contributed by atoms with Crippen LogP contribution in [-0.4, -0.2) is 57.9 Å². The van der Waals surface area contributed by atoms with E-state index >= 15 is 0 Å². The molecule has 0 saturated heterocycles. The van der Waals surface area contributed by atoms with E-state index in [0.717, 1.165) is 20.8 Å². The van der Waals surface area contributed by atoms with Gasteiger partial charge in [0.25, 0.3) is 0 Å². The lowest BCUT2D eigenvalue weighted by Gasteiger charge is -2.27. The molecule has 3 heterocycles. The smallest absolute Gasteiger partial charge is 0.410 e. The van der Waals surface area contributed by atoms with E-state index in [2.05, 4.69) is 9.97 Å². The molecule has 0 fully saturated rings. The summed E-state index contributed by atoms with van der Waals surface area (Å²) in [5.41, 5.74) is 6.86. The van der Waals surface area contributed by atoms with Crippen LogP contribution in [0.2, 0.25) is 0 Å². The maximum absolute atomic E-state index is 14.3. The number of benzene rings is 1. The Kier molecular flexibility index (Phi) is 7.94. The quantitative estimate of drug-likeness (QED) is 0.284. The zero-order valence-electron chi connectivity index (χ0n) is 21.2. The molecule has 11 heteroatoms. The van der Waals surface area contributed by atoms with Crippen molar-refractivity contribution in [1.82, 2.24) is 19.4 Å². The molecule has 0 spiro atoms. The van der Waals surface area contributed by atoms with Gasteiger partial charge in [0.1, 0.15) is 11.4 Å². The van der Waals surface area contributed by atoms with E-state index in [1.54, 1.807) is 36.7 Å². The number of anilines is 1. The molecule has 0 saturated carbocycles. The molecule has 0 unspecified atom stereocenters. The first-order chi connectivity index (χ1) is 17.6.